The third-order valence-corrected chi connectivity index (χ3v) is 3.64. The maximum atomic E-state index is 13.9. The van der Waals surface area contributed by atoms with Crippen LogP contribution in [0.15, 0.2) is 54.7 Å². The van der Waals surface area contributed by atoms with Crippen LogP contribution in [0.4, 0.5) is 14.6 Å². The van der Waals surface area contributed by atoms with Crippen LogP contribution in [-0.4, -0.2) is 15.0 Å². The van der Waals surface area contributed by atoms with Crippen molar-refractivity contribution in [3.63, 3.8) is 0 Å². The number of benzene rings is 2. The molecule has 0 saturated heterocycles. The molecule has 2 aromatic heterocycles. The maximum absolute atomic E-state index is 13.9. The third kappa shape index (κ3) is 2.87. The lowest BCUT2D eigenvalue weighted by molar-refractivity contribution is 0.463. The van der Waals surface area contributed by atoms with Gasteiger partial charge in [-0.2, -0.15) is 4.98 Å². The van der Waals surface area contributed by atoms with E-state index in [1.165, 1.54) is 18.3 Å². The number of anilines is 1. The summed E-state index contributed by atoms with van der Waals surface area (Å²) in [6, 6.07) is 12.6. The van der Waals surface area contributed by atoms with Gasteiger partial charge in [0.1, 0.15) is 23.2 Å². The van der Waals surface area contributed by atoms with E-state index in [1.54, 1.807) is 12.1 Å². The molecule has 2 aromatic carbocycles. The van der Waals surface area contributed by atoms with Crippen LogP contribution < -0.4 is 10.5 Å². The van der Waals surface area contributed by atoms with Crippen LogP contribution in [0.1, 0.15) is 0 Å². The number of hydrogen-bond acceptors (Lipinski definition) is 4. The number of nitrogens with one attached hydrogen (secondary N) is 1. The van der Waals surface area contributed by atoms with Crippen LogP contribution in [0.3, 0.4) is 0 Å². The van der Waals surface area contributed by atoms with Crippen LogP contribution in [0.2, 0.25) is 0 Å². The molecule has 0 saturated carbocycles. The first-order chi connectivity index (χ1) is 12.1. The Labute approximate surface area is 141 Å². The van der Waals surface area contributed by atoms with E-state index in [0.29, 0.717) is 16.7 Å². The first kappa shape index (κ1) is 15.1. The van der Waals surface area contributed by atoms with Crippen molar-refractivity contribution >= 4 is 16.7 Å². The van der Waals surface area contributed by atoms with Gasteiger partial charge in [0.2, 0.25) is 5.88 Å². The summed E-state index contributed by atoms with van der Waals surface area (Å²) in [6.07, 6.45) is 1.51. The summed E-state index contributed by atoms with van der Waals surface area (Å²) < 4.78 is 33.1. The molecule has 0 aliphatic rings. The van der Waals surface area contributed by atoms with Gasteiger partial charge in [-0.3, -0.25) is 0 Å². The molecule has 25 heavy (non-hydrogen) atoms. The average Bonchev–Trinajstić information content (AvgIpc) is 2.99. The predicted molar refractivity (Wildman–Crippen MR) is 90.2 cm³/mol. The molecule has 7 heteroatoms. The van der Waals surface area contributed by atoms with E-state index in [-0.39, 0.29) is 23.0 Å². The molecule has 4 rings (SSSR count). The van der Waals surface area contributed by atoms with Gasteiger partial charge in [-0.25, -0.2) is 13.8 Å². The van der Waals surface area contributed by atoms with Crippen LogP contribution in [0.5, 0.6) is 11.6 Å². The maximum Gasteiger partial charge on any atom is 0.224 e. The van der Waals surface area contributed by atoms with Gasteiger partial charge < -0.3 is 15.5 Å². The van der Waals surface area contributed by atoms with Crippen molar-refractivity contribution in [1.82, 2.24) is 15.0 Å². The van der Waals surface area contributed by atoms with Gasteiger partial charge in [-0.15, -0.1) is 0 Å². The fraction of sp³-hybridized carbons (Fsp3) is 0. The molecule has 0 atom stereocenters. The predicted octanol–water partition coefficient (Wildman–Crippen LogP) is 4.28. The lowest BCUT2D eigenvalue weighted by Gasteiger charge is -2.07. The number of aromatic amines is 1. The number of aromatic nitrogens is 3. The van der Waals surface area contributed by atoms with Crippen LogP contribution >= 0.6 is 0 Å². The molecule has 0 fully saturated rings. The van der Waals surface area contributed by atoms with Crippen LogP contribution in [0.25, 0.3) is 22.3 Å². The Morgan fingerprint density at radius 3 is 2.60 bits per heavy atom. The van der Waals surface area contributed by atoms with Gasteiger partial charge in [0.05, 0.1) is 5.52 Å². The zero-order valence-corrected chi connectivity index (χ0v) is 12.8. The number of nitrogens with zero attached hydrogens (tertiary/aromatic N) is 2. The van der Waals surface area contributed by atoms with Gasteiger partial charge in [-0.05, 0) is 18.2 Å². The number of halogens is 2. The first-order valence-electron chi connectivity index (χ1n) is 7.44. The minimum absolute atomic E-state index is 0.174. The molecule has 2 heterocycles. The highest BCUT2D eigenvalue weighted by Crippen LogP contribution is 2.31. The molecule has 0 radical (unpaired) electrons. The third-order valence-electron chi connectivity index (χ3n) is 3.64. The van der Waals surface area contributed by atoms with Crippen LogP contribution in [0, 0.1) is 11.6 Å². The first-order valence-corrected chi connectivity index (χ1v) is 7.44. The second-order valence-corrected chi connectivity index (χ2v) is 5.38. The number of para-hydroxylation sites is 1. The Kier molecular flexibility index (Phi) is 3.53. The summed E-state index contributed by atoms with van der Waals surface area (Å²) >= 11 is 0. The molecule has 0 amide bonds. The summed E-state index contributed by atoms with van der Waals surface area (Å²) in [6.45, 7) is 0. The summed E-state index contributed by atoms with van der Waals surface area (Å²) in [7, 11) is 0. The van der Waals surface area contributed by atoms with Gasteiger partial charge in [-0.1, -0.05) is 18.2 Å². The van der Waals surface area contributed by atoms with Crippen LogP contribution in [-0.2, 0) is 0 Å². The van der Waals surface area contributed by atoms with Crippen molar-refractivity contribution in [3.8, 4) is 23.0 Å². The molecule has 0 bridgehead atoms. The van der Waals surface area contributed by atoms with Gasteiger partial charge in [0.15, 0.2) is 5.82 Å². The van der Waals surface area contributed by atoms with E-state index in [9.17, 15) is 8.78 Å². The number of nitrogen functional groups attached to an aromatic ring is 1. The molecular weight excluding hydrogens is 326 g/mol. The van der Waals surface area contributed by atoms with Gasteiger partial charge >= 0.3 is 0 Å². The van der Waals surface area contributed by atoms with Crippen molar-refractivity contribution in [1.29, 1.82) is 0 Å². The molecular formula is C18H12F2N4O. The van der Waals surface area contributed by atoms with E-state index in [0.717, 1.165) is 6.07 Å². The fourth-order valence-corrected chi connectivity index (χ4v) is 2.56. The second-order valence-electron chi connectivity index (χ2n) is 5.38. The van der Waals surface area contributed by atoms with E-state index in [4.69, 9.17) is 10.5 Å². The molecule has 3 N–H and O–H groups in total. The van der Waals surface area contributed by atoms with E-state index < -0.39 is 11.6 Å². The number of nitrogens with two attached hydrogens (primary N) is 1. The Hall–Kier alpha value is -3.48. The number of H-pyrrole nitrogens is 1. The monoisotopic (exact) mass is 338 g/mol. The smallest absolute Gasteiger partial charge is 0.224 e. The summed E-state index contributed by atoms with van der Waals surface area (Å²) in [5.41, 5.74) is 6.44. The van der Waals surface area contributed by atoms with Crippen molar-refractivity contribution in [2.45, 2.75) is 0 Å². The molecule has 124 valence electrons. The minimum Gasteiger partial charge on any atom is -0.439 e. The second kappa shape index (κ2) is 5.86. The summed E-state index contributed by atoms with van der Waals surface area (Å²) in [5.74, 6) is -0.159. The van der Waals surface area contributed by atoms with E-state index in [2.05, 4.69) is 15.0 Å². The van der Waals surface area contributed by atoms with Gasteiger partial charge in [0.25, 0.3) is 0 Å². The highest BCUT2D eigenvalue weighted by molar-refractivity contribution is 5.94. The number of hydrogen-bond donors (Lipinski definition) is 2. The fourth-order valence-electron chi connectivity index (χ4n) is 2.56. The quantitative estimate of drug-likeness (QED) is 0.584. The highest BCUT2D eigenvalue weighted by Gasteiger charge is 2.15. The van der Waals surface area contributed by atoms with E-state index in [1.807, 2.05) is 18.2 Å². The molecule has 0 aliphatic carbocycles. The molecule has 0 aliphatic heterocycles. The zero-order chi connectivity index (χ0) is 17.4. The SMILES string of the molecule is Nc1cc(Oc2ccccc2)nc(-c2c[nH]c3c(F)cc(F)cc23)n1. The minimum atomic E-state index is -0.689. The molecule has 0 spiro atoms. The largest absolute Gasteiger partial charge is 0.439 e. The molecule has 0 unspecified atom stereocenters. The Morgan fingerprint density at radius 2 is 1.80 bits per heavy atom. The number of ether oxygens (including phenoxy) is 1. The standard InChI is InChI=1S/C18H12F2N4O/c19-10-6-12-13(9-22-17(12)14(20)7-10)18-23-15(21)8-16(24-18)25-11-4-2-1-3-5-11/h1-9,22H,(H2,21,23,24). The Morgan fingerprint density at radius 1 is 1.00 bits per heavy atom. The van der Waals surface area contributed by atoms with Crippen molar-refractivity contribution in [2.24, 2.45) is 0 Å². The molecule has 4 aromatic rings. The lowest BCUT2D eigenvalue weighted by Crippen LogP contribution is -1.98. The van der Waals surface area contributed by atoms with Gasteiger partial charge in [0, 0.05) is 29.3 Å². The topological polar surface area (TPSA) is 76.8 Å². The van der Waals surface area contributed by atoms with Crippen molar-refractivity contribution in [3.05, 3.63) is 66.4 Å². The Balaban J connectivity index is 1.81. The normalized spacial score (nSPS) is 11.0. The lowest BCUT2D eigenvalue weighted by atomic mass is 10.1. The summed E-state index contributed by atoms with van der Waals surface area (Å²) in [5, 5.41) is 0.328. The zero-order valence-electron chi connectivity index (χ0n) is 12.8. The highest BCUT2D eigenvalue weighted by atomic mass is 19.1. The summed E-state index contributed by atoms with van der Waals surface area (Å²) in [4.78, 5) is 11.2. The molecule has 5 nitrogen and oxygen atoms in total. The average molecular weight is 338 g/mol. The Bertz CT molecular complexity index is 1060. The van der Waals surface area contributed by atoms with Crippen molar-refractivity contribution < 1.29 is 13.5 Å². The number of rotatable bonds is 3. The number of fused-ring (bicyclic) bond motifs is 1. The van der Waals surface area contributed by atoms with Crippen molar-refractivity contribution in [2.75, 3.05) is 5.73 Å². The van der Waals surface area contributed by atoms with E-state index >= 15 is 0 Å².